The Morgan fingerprint density at radius 1 is 0.938 bits per heavy atom. The molecule has 0 saturated heterocycles. The van der Waals surface area contributed by atoms with Gasteiger partial charge in [-0.15, -0.1) is 12.4 Å². The molecule has 6 fully saturated rings. The smallest absolute Gasteiger partial charge is 0.349 e. The molecule has 0 radical (unpaired) electrons. The van der Waals surface area contributed by atoms with Crippen molar-refractivity contribution >= 4 is 18.4 Å². The van der Waals surface area contributed by atoms with Gasteiger partial charge >= 0.3 is 6.18 Å². The van der Waals surface area contributed by atoms with Gasteiger partial charge in [0.1, 0.15) is 0 Å². The molecule has 6 aliphatic rings. The minimum Gasteiger partial charge on any atom is -0.349 e. The molecule has 7 rings (SSSR count). The number of halogens is 4. The second-order valence-electron chi connectivity index (χ2n) is 11.4. The van der Waals surface area contributed by atoms with Gasteiger partial charge in [0.25, 0.3) is 0 Å². The molecule has 0 spiro atoms. The number of fused-ring (bicyclic) bond motifs is 3. The second-order valence-corrected chi connectivity index (χ2v) is 11.4. The molecule has 6 saturated carbocycles. The molecule has 1 aromatic heterocycles. The van der Waals surface area contributed by atoms with E-state index in [1.807, 2.05) is 0 Å². The number of rotatable bonds is 5. The quantitative estimate of drug-likeness (QED) is 0.557. The Morgan fingerprint density at radius 2 is 1.66 bits per heavy atom. The Bertz CT molecular complexity index is 833. The minimum atomic E-state index is -4.47. The summed E-state index contributed by atoms with van der Waals surface area (Å²) in [5.41, 5.74) is -0.727. The van der Waals surface area contributed by atoms with Crippen LogP contribution in [-0.2, 0) is 12.7 Å². The van der Waals surface area contributed by atoms with E-state index >= 15 is 0 Å². The third kappa shape index (κ3) is 4.24. The maximum Gasteiger partial charge on any atom is 0.433 e. The van der Waals surface area contributed by atoms with Gasteiger partial charge in [0.05, 0.1) is 0 Å². The first-order valence-electron chi connectivity index (χ1n) is 12.3. The number of nitrogens with zero attached hydrogens (tertiary/aromatic N) is 2. The number of aromatic nitrogens is 2. The lowest BCUT2D eigenvalue weighted by Crippen LogP contribution is -2.45. The van der Waals surface area contributed by atoms with Crippen molar-refractivity contribution in [3.8, 4) is 0 Å². The Hall–Kier alpha value is -1.08. The molecule has 4 nitrogen and oxygen atoms in total. The number of nitrogens with one attached hydrogen (secondary N) is 2. The van der Waals surface area contributed by atoms with Crippen molar-refractivity contribution < 1.29 is 13.2 Å². The lowest BCUT2D eigenvalue weighted by Gasteiger charge is -2.45. The van der Waals surface area contributed by atoms with E-state index in [4.69, 9.17) is 0 Å². The van der Waals surface area contributed by atoms with Crippen LogP contribution in [0.1, 0.15) is 81.9 Å². The van der Waals surface area contributed by atoms with Crippen LogP contribution in [0.2, 0.25) is 0 Å². The highest BCUT2D eigenvalue weighted by atomic mass is 35.5. The van der Waals surface area contributed by atoms with Crippen LogP contribution in [-0.4, -0.2) is 21.5 Å². The van der Waals surface area contributed by atoms with Crippen molar-refractivity contribution in [3.05, 3.63) is 17.5 Å². The van der Waals surface area contributed by atoms with E-state index < -0.39 is 11.9 Å². The summed E-state index contributed by atoms with van der Waals surface area (Å²) >= 11 is 0. The summed E-state index contributed by atoms with van der Waals surface area (Å²) < 4.78 is 41.7. The van der Waals surface area contributed by atoms with Crippen molar-refractivity contribution in [2.45, 2.75) is 94.9 Å². The van der Waals surface area contributed by atoms with Crippen LogP contribution < -0.4 is 10.6 Å². The Kier molecular flexibility index (Phi) is 5.89. The molecule has 5 atom stereocenters. The van der Waals surface area contributed by atoms with Crippen LogP contribution in [0.5, 0.6) is 0 Å². The predicted octanol–water partition coefficient (Wildman–Crippen LogP) is 5.97. The van der Waals surface area contributed by atoms with Crippen LogP contribution in [0.15, 0.2) is 6.20 Å². The van der Waals surface area contributed by atoms with Gasteiger partial charge in [-0.3, -0.25) is 0 Å². The highest BCUT2D eigenvalue weighted by molar-refractivity contribution is 5.85. The molecule has 178 valence electrons. The third-order valence-electron chi connectivity index (χ3n) is 9.19. The van der Waals surface area contributed by atoms with Gasteiger partial charge in [0.15, 0.2) is 5.69 Å². The third-order valence-corrected chi connectivity index (χ3v) is 9.19. The molecule has 0 aromatic carbocycles. The van der Waals surface area contributed by atoms with Crippen LogP contribution in [0.25, 0.3) is 0 Å². The molecule has 2 N–H and O–H groups in total. The first-order chi connectivity index (χ1) is 14.9. The molecule has 1 aromatic rings. The van der Waals surface area contributed by atoms with E-state index in [1.165, 1.54) is 51.1 Å². The maximum absolute atomic E-state index is 13.9. The SMILES string of the molecule is Cl.FC(F)(F)c1nc(NC23CCC4CC(CC(C4)C2)C3)ncc1CN[C@@H]1C[C@H]2CC[C@@H]1C2. The highest BCUT2D eigenvalue weighted by Gasteiger charge is 2.48. The summed E-state index contributed by atoms with van der Waals surface area (Å²) in [6, 6.07) is 0.341. The number of hydrogen-bond acceptors (Lipinski definition) is 4. The normalized spacial score (nSPS) is 39.7. The lowest BCUT2D eigenvalue weighted by atomic mass is 9.65. The summed E-state index contributed by atoms with van der Waals surface area (Å²) in [6.07, 6.45) is 9.95. The molecule has 32 heavy (non-hydrogen) atoms. The van der Waals surface area contributed by atoms with Gasteiger partial charge < -0.3 is 10.6 Å². The van der Waals surface area contributed by atoms with Gasteiger partial charge in [-0.1, -0.05) is 6.42 Å². The van der Waals surface area contributed by atoms with Gasteiger partial charge in [-0.25, -0.2) is 9.97 Å². The lowest BCUT2D eigenvalue weighted by molar-refractivity contribution is -0.141. The predicted molar refractivity (Wildman–Crippen MR) is 120 cm³/mol. The summed E-state index contributed by atoms with van der Waals surface area (Å²) in [5, 5.41) is 6.83. The van der Waals surface area contributed by atoms with Crippen molar-refractivity contribution in [2.24, 2.45) is 29.6 Å². The van der Waals surface area contributed by atoms with E-state index in [-0.39, 0.29) is 36.0 Å². The number of anilines is 1. The highest BCUT2D eigenvalue weighted by Crippen LogP contribution is 2.54. The van der Waals surface area contributed by atoms with Crippen molar-refractivity contribution in [1.82, 2.24) is 15.3 Å². The Morgan fingerprint density at radius 3 is 2.31 bits per heavy atom. The largest absolute Gasteiger partial charge is 0.433 e. The van der Waals surface area contributed by atoms with Crippen LogP contribution in [0.3, 0.4) is 0 Å². The molecule has 1 heterocycles. The van der Waals surface area contributed by atoms with E-state index in [1.54, 1.807) is 0 Å². The van der Waals surface area contributed by atoms with Crippen LogP contribution >= 0.6 is 12.4 Å². The topological polar surface area (TPSA) is 49.8 Å². The zero-order valence-electron chi connectivity index (χ0n) is 18.5. The molecule has 6 aliphatic carbocycles. The molecule has 2 unspecified atom stereocenters. The van der Waals surface area contributed by atoms with Gasteiger partial charge in [0.2, 0.25) is 5.95 Å². The first-order valence-corrected chi connectivity index (χ1v) is 12.3. The first kappa shape index (κ1) is 22.7. The van der Waals surface area contributed by atoms with E-state index in [9.17, 15) is 13.2 Å². The van der Waals surface area contributed by atoms with Gasteiger partial charge in [-0.2, -0.15) is 13.2 Å². The summed E-state index contributed by atoms with van der Waals surface area (Å²) in [6.45, 7) is 0.194. The van der Waals surface area contributed by atoms with Crippen molar-refractivity contribution in [1.29, 1.82) is 0 Å². The van der Waals surface area contributed by atoms with E-state index in [2.05, 4.69) is 20.6 Å². The Balaban J connectivity index is 0.00000216. The fourth-order valence-electron chi connectivity index (χ4n) is 8.12. The van der Waals surface area contributed by atoms with Crippen LogP contribution in [0.4, 0.5) is 19.1 Å². The molecular weight excluding hydrogens is 437 g/mol. The van der Waals surface area contributed by atoms with Crippen molar-refractivity contribution in [2.75, 3.05) is 5.32 Å². The molecule has 0 aliphatic heterocycles. The standard InChI is InChI=1S/C24H33F3N4.ClH/c25-24(26,27)21-19(12-28-20-9-14-1-2-18(20)8-14)13-29-22(30-21)31-23-4-3-15-5-16(10-23)7-17(6-15)11-23;/h13-18,20,28H,1-12H2,(H,29,30,31);1H/t14-,15?,16?,17?,18+,20+,23?;/m0./s1. The average Bonchev–Trinajstić information content (AvgIpc) is 3.28. The van der Waals surface area contributed by atoms with Gasteiger partial charge in [-0.05, 0) is 93.8 Å². The zero-order valence-corrected chi connectivity index (χ0v) is 19.3. The number of alkyl halides is 3. The van der Waals surface area contributed by atoms with E-state index in [0.29, 0.717) is 23.8 Å². The Labute approximate surface area is 194 Å². The average molecular weight is 471 g/mol. The molecular formula is C24H34ClF3N4. The maximum atomic E-state index is 13.9. The summed E-state index contributed by atoms with van der Waals surface area (Å²) in [4.78, 5) is 8.44. The van der Waals surface area contributed by atoms with E-state index in [0.717, 1.165) is 37.5 Å². The fourth-order valence-corrected chi connectivity index (χ4v) is 8.12. The summed E-state index contributed by atoms with van der Waals surface area (Å²) in [5.74, 6) is 3.77. The number of hydrogen-bond donors (Lipinski definition) is 2. The van der Waals surface area contributed by atoms with Gasteiger partial charge in [0, 0.05) is 29.9 Å². The molecule has 0 amide bonds. The molecule has 6 bridgehead atoms. The molecule has 8 heteroatoms. The van der Waals surface area contributed by atoms with Crippen LogP contribution in [0, 0.1) is 29.6 Å². The second kappa shape index (κ2) is 8.30. The fraction of sp³-hybridized carbons (Fsp3) is 0.833. The zero-order chi connectivity index (χ0) is 21.2. The monoisotopic (exact) mass is 470 g/mol. The van der Waals surface area contributed by atoms with Crippen molar-refractivity contribution in [3.63, 3.8) is 0 Å². The minimum absolute atomic E-state index is 0. The summed E-state index contributed by atoms with van der Waals surface area (Å²) in [7, 11) is 0.